The fourth-order valence-corrected chi connectivity index (χ4v) is 3.80. The first kappa shape index (κ1) is 16.8. The minimum Gasteiger partial charge on any atom is -0.335 e. The minimum absolute atomic E-state index is 0.262. The normalized spacial score (nSPS) is 11.4. The van der Waals surface area contributed by atoms with Crippen molar-refractivity contribution in [1.29, 1.82) is 0 Å². The number of hydrogen-bond acceptors (Lipinski definition) is 8. The van der Waals surface area contributed by atoms with Gasteiger partial charge in [0.05, 0.1) is 22.3 Å². The quantitative estimate of drug-likeness (QED) is 0.482. The molecule has 1 N–H and O–H groups in total. The molecule has 11 heteroatoms. The lowest BCUT2D eigenvalue weighted by Crippen LogP contribution is -2.13. The number of anilines is 1. The van der Waals surface area contributed by atoms with Crippen LogP contribution in [0.2, 0.25) is 5.02 Å². The Morgan fingerprint density at radius 3 is 3.00 bits per heavy atom. The number of fused-ring (bicyclic) bond motifs is 2. The van der Waals surface area contributed by atoms with Crippen molar-refractivity contribution in [2.24, 2.45) is 0 Å². The molecule has 5 aromatic rings. The molecular formula is C17H10ClN7O2S. The predicted molar refractivity (Wildman–Crippen MR) is 104 cm³/mol. The van der Waals surface area contributed by atoms with E-state index in [1.54, 1.807) is 19.1 Å². The number of aromatic nitrogens is 6. The Balaban J connectivity index is 1.62. The van der Waals surface area contributed by atoms with Crippen LogP contribution in [0.15, 0.2) is 41.2 Å². The van der Waals surface area contributed by atoms with Gasteiger partial charge in [-0.2, -0.15) is 4.52 Å². The first-order valence-corrected chi connectivity index (χ1v) is 9.30. The number of pyridine rings is 1. The van der Waals surface area contributed by atoms with Gasteiger partial charge in [0, 0.05) is 10.6 Å². The Hall–Kier alpha value is -3.37. The van der Waals surface area contributed by atoms with E-state index < -0.39 is 0 Å². The molecule has 4 heterocycles. The summed E-state index contributed by atoms with van der Waals surface area (Å²) in [6, 6.07) is 8.92. The number of rotatable bonds is 3. The van der Waals surface area contributed by atoms with Gasteiger partial charge in [-0.3, -0.25) is 10.1 Å². The van der Waals surface area contributed by atoms with E-state index in [4.69, 9.17) is 16.1 Å². The van der Waals surface area contributed by atoms with Gasteiger partial charge in [-0.05, 0) is 19.1 Å². The molecule has 0 saturated heterocycles. The topological polar surface area (TPSA) is 111 Å². The maximum Gasteiger partial charge on any atom is 0.259 e. The van der Waals surface area contributed by atoms with E-state index in [1.165, 1.54) is 22.2 Å². The number of hydrogen-bond donors (Lipinski definition) is 1. The second kappa shape index (κ2) is 6.36. The van der Waals surface area contributed by atoms with Crippen molar-refractivity contribution in [3.63, 3.8) is 0 Å². The molecule has 0 aliphatic rings. The summed E-state index contributed by atoms with van der Waals surface area (Å²) in [5, 5.41) is 20.1. The average Bonchev–Trinajstić information content (AvgIpc) is 3.37. The van der Waals surface area contributed by atoms with Crippen molar-refractivity contribution in [3.8, 4) is 11.3 Å². The SMILES string of the molecule is Cc1noc2nc(-c3ccccc3Cl)cc(C(=O)Nc3nn4cnnc4s3)c12. The van der Waals surface area contributed by atoms with Gasteiger partial charge >= 0.3 is 0 Å². The highest BCUT2D eigenvalue weighted by Crippen LogP contribution is 2.31. The van der Waals surface area contributed by atoms with E-state index in [9.17, 15) is 4.79 Å². The maximum absolute atomic E-state index is 13.0. The van der Waals surface area contributed by atoms with Gasteiger partial charge in [-0.1, -0.05) is 46.3 Å². The molecule has 1 amide bonds. The van der Waals surface area contributed by atoms with Crippen molar-refractivity contribution in [3.05, 3.63) is 52.9 Å². The summed E-state index contributed by atoms with van der Waals surface area (Å²) in [4.78, 5) is 18.1. The van der Waals surface area contributed by atoms with Gasteiger partial charge in [0.1, 0.15) is 6.33 Å². The van der Waals surface area contributed by atoms with Gasteiger partial charge in [-0.15, -0.1) is 15.3 Å². The number of aryl methyl sites for hydroxylation is 1. The summed E-state index contributed by atoms with van der Waals surface area (Å²) >= 11 is 7.51. The highest BCUT2D eigenvalue weighted by Gasteiger charge is 2.21. The third-order valence-corrected chi connectivity index (χ3v) is 5.28. The monoisotopic (exact) mass is 411 g/mol. The molecular weight excluding hydrogens is 402 g/mol. The first-order chi connectivity index (χ1) is 13.6. The number of halogens is 1. The van der Waals surface area contributed by atoms with E-state index in [1.807, 2.05) is 18.2 Å². The van der Waals surface area contributed by atoms with Crippen LogP contribution in [0.1, 0.15) is 16.1 Å². The van der Waals surface area contributed by atoms with Crippen molar-refractivity contribution < 1.29 is 9.32 Å². The zero-order chi connectivity index (χ0) is 19.3. The van der Waals surface area contributed by atoms with Crippen LogP contribution in [0.4, 0.5) is 5.13 Å². The van der Waals surface area contributed by atoms with Crippen LogP contribution < -0.4 is 5.32 Å². The van der Waals surface area contributed by atoms with Crippen LogP contribution in [-0.4, -0.2) is 35.9 Å². The van der Waals surface area contributed by atoms with Crippen molar-refractivity contribution in [1.82, 2.24) is 30.0 Å². The van der Waals surface area contributed by atoms with Crippen LogP contribution in [0.5, 0.6) is 0 Å². The molecule has 9 nitrogen and oxygen atoms in total. The average molecular weight is 412 g/mol. The Morgan fingerprint density at radius 2 is 2.18 bits per heavy atom. The van der Waals surface area contributed by atoms with Gasteiger partial charge in [0.25, 0.3) is 11.6 Å². The van der Waals surface area contributed by atoms with Crippen molar-refractivity contribution >= 4 is 50.0 Å². The Labute approximate surface area is 166 Å². The van der Waals surface area contributed by atoms with Crippen LogP contribution in [0.3, 0.4) is 0 Å². The van der Waals surface area contributed by atoms with Gasteiger partial charge in [-0.25, -0.2) is 4.98 Å². The number of nitrogens with one attached hydrogen (secondary N) is 1. The molecule has 138 valence electrons. The van der Waals surface area contributed by atoms with Gasteiger partial charge < -0.3 is 4.52 Å². The lowest BCUT2D eigenvalue weighted by Gasteiger charge is -2.07. The van der Waals surface area contributed by atoms with E-state index >= 15 is 0 Å². The summed E-state index contributed by atoms with van der Waals surface area (Å²) < 4.78 is 6.80. The Bertz CT molecular complexity index is 1330. The van der Waals surface area contributed by atoms with E-state index in [0.29, 0.717) is 43.0 Å². The summed E-state index contributed by atoms with van der Waals surface area (Å²) in [6.45, 7) is 1.75. The lowest BCUT2D eigenvalue weighted by atomic mass is 10.1. The number of amides is 1. The van der Waals surface area contributed by atoms with Gasteiger partial charge in [0.2, 0.25) is 10.1 Å². The zero-order valence-electron chi connectivity index (χ0n) is 14.3. The predicted octanol–water partition coefficient (Wildman–Crippen LogP) is 3.60. The molecule has 1 aromatic carbocycles. The summed E-state index contributed by atoms with van der Waals surface area (Å²) in [5.41, 5.74) is 2.39. The Morgan fingerprint density at radius 1 is 1.32 bits per heavy atom. The Kier molecular flexibility index (Phi) is 3.81. The molecule has 0 unspecified atom stereocenters. The summed E-state index contributed by atoms with van der Waals surface area (Å²) in [5.74, 6) is -0.364. The van der Waals surface area contributed by atoms with E-state index in [-0.39, 0.29) is 11.6 Å². The number of benzene rings is 1. The lowest BCUT2D eigenvalue weighted by molar-refractivity contribution is 0.102. The third kappa shape index (κ3) is 2.70. The molecule has 0 fully saturated rings. The van der Waals surface area contributed by atoms with E-state index in [2.05, 4.69) is 30.8 Å². The highest BCUT2D eigenvalue weighted by molar-refractivity contribution is 7.20. The zero-order valence-corrected chi connectivity index (χ0v) is 15.8. The minimum atomic E-state index is -0.364. The summed E-state index contributed by atoms with van der Waals surface area (Å²) in [6.07, 6.45) is 1.46. The van der Waals surface area contributed by atoms with Crippen molar-refractivity contribution in [2.75, 3.05) is 5.32 Å². The molecule has 28 heavy (non-hydrogen) atoms. The number of nitrogens with zero attached hydrogens (tertiary/aromatic N) is 6. The molecule has 0 spiro atoms. The molecule has 5 rings (SSSR count). The summed E-state index contributed by atoms with van der Waals surface area (Å²) in [7, 11) is 0. The van der Waals surface area contributed by atoms with Crippen molar-refractivity contribution in [2.45, 2.75) is 6.92 Å². The second-order valence-corrected chi connectivity index (χ2v) is 7.27. The highest BCUT2D eigenvalue weighted by atomic mass is 35.5. The fraction of sp³-hybridized carbons (Fsp3) is 0.0588. The molecule has 0 radical (unpaired) electrons. The van der Waals surface area contributed by atoms with Crippen LogP contribution in [-0.2, 0) is 0 Å². The van der Waals surface area contributed by atoms with Crippen LogP contribution in [0.25, 0.3) is 27.3 Å². The van der Waals surface area contributed by atoms with Crippen LogP contribution in [0, 0.1) is 6.92 Å². The fourth-order valence-electron chi connectivity index (χ4n) is 2.86. The molecule has 0 aliphatic carbocycles. The smallest absolute Gasteiger partial charge is 0.259 e. The number of carbonyl (C=O) groups excluding carboxylic acids is 1. The third-order valence-electron chi connectivity index (χ3n) is 4.12. The molecule has 0 atom stereocenters. The van der Waals surface area contributed by atoms with Gasteiger partial charge in [0.15, 0.2) is 0 Å². The van der Waals surface area contributed by atoms with E-state index in [0.717, 1.165) is 0 Å². The molecule has 0 bridgehead atoms. The number of carbonyl (C=O) groups is 1. The van der Waals surface area contributed by atoms with Crippen LogP contribution >= 0.6 is 22.9 Å². The maximum atomic E-state index is 13.0. The largest absolute Gasteiger partial charge is 0.335 e. The molecule has 0 saturated carbocycles. The molecule has 0 aliphatic heterocycles. The first-order valence-electron chi connectivity index (χ1n) is 8.10. The molecule has 4 aromatic heterocycles. The standard InChI is InChI=1S/C17H10ClN7O2S/c1-8-13-10(14(26)21-16-23-25-7-19-22-17(25)28-16)6-12(20-15(13)27-24-8)9-4-2-3-5-11(9)18/h2-7H,1H3,(H,21,23,26). The second-order valence-electron chi connectivity index (χ2n) is 5.90.